The topological polar surface area (TPSA) is 56.0 Å². The van der Waals surface area contributed by atoms with Gasteiger partial charge in [0.1, 0.15) is 5.78 Å². The lowest BCUT2D eigenvalue weighted by Crippen LogP contribution is -2.01. The van der Waals surface area contributed by atoms with Crippen molar-refractivity contribution >= 4 is 21.7 Å². The van der Waals surface area contributed by atoms with Gasteiger partial charge in [-0.15, -0.1) is 0 Å². The highest BCUT2D eigenvalue weighted by Crippen LogP contribution is 2.26. The van der Waals surface area contributed by atoms with Crippen molar-refractivity contribution in [2.45, 2.75) is 33.1 Å². The smallest absolute Gasteiger partial charge is 0.234 e. The van der Waals surface area contributed by atoms with E-state index in [9.17, 15) is 4.79 Å². The van der Waals surface area contributed by atoms with Crippen LogP contribution in [0.3, 0.4) is 0 Å². The fourth-order valence-corrected chi connectivity index (χ4v) is 2.44. The van der Waals surface area contributed by atoms with Crippen LogP contribution in [0.25, 0.3) is 11.4 Å². The van der Waals surface area contributed by atoms with Gasteiger partial charge in [-0.3, -0.25) is 4.79 Å². The molecule has 1 aromatic carbocycles. The highest BCUT2D eigenvalue weighted by Gasteiger charge is 2.13. The molecule has 1 heterocycles. The van der Waals surface area contributed by atoms with Crippen molar-refractivity contribution < 1.29 is 9.32 Å². The van der Waals surface area contributed by atoms with Crippen LogP contribution in [-0.2, 0) is 11.2 Å². The predicted octanol–water partition coefficient (Wildman–Crippen LogP) is 3.72. The summed E-state index contributed by atoms with van der Waals surface area (Å²) in [5.41, 5.74) is 2.01. The zero-order valence-electron chi connectivity index (χ0n) is 10.9. The van der Waals surface area contributed by atoms with Crippen LogP contribution in [0.1, 0.15) is 31.2 Å². The molecular weight excluding hydrogens is 308 g/mol. The molecule has 4 nitrogen and oxygen atoms in total. The van der Waals surface area contributed by atoms with Gasteiger partial charge in [0.05, 0.1) is 6.42 Å². The van der Waals surface area contributed by atoms with E-state index in [4.69, 9.17) is 4.52 Å². The number of hydrogen-bond donors (Lipinski definition) is 0. The van der Waals surface area contributed by atoms with E-state index in [0.29, 0.717) is 18.1 Å². The highest BCUT2D eigenvalue weighted by atomic mass is 79.9. The molecule has 0 fully saturated rings. The first-order chi connectivity index (χ1) is 9.10. The van der Waals surface area contributed by atoms with E-state index >= 15 is 0 Å². The van der Waals surface area contributed by atoms with Crippen LogP contribution < -0.4 is 0 Å². The summed E-state index contributed by atoms with van der Waals surface area (Å²) in [6.07, 6.45) is 1.60. The fraction of sp³-hybridized carbons (Fsp3) is 0.357. The molecule has 0 aliphatic carbocycles. The summed E-state index contributed by atoms with van der Waals surface area (Å²) in [4.78, 5) is 15.8. The molecule has 0 atom stereocenters. The molecule has 2 rings (SSSR count). The third-order valence-electron chi connectivity index (χ3n) is 2.71. The Kier molecular flexibility index (Phi) is 4.47. The zero-order valence-corrected chi connectivity index (χ0v) is 12.5. The first-order valence-electron chi connectivity index (χ1n) is 6.21. The Balaban J connectivity index is 2.18. The number of carbonyl (C=O) groups excluding carboxylic acids is 1. The van der Waals surface area contributed by atoms with Crippen LogP contribution >= 0.6 is 15.9 Å². The SMILES string of the molecule is CCCC(=O)Cc1nc(-c2ccc(C)cc2Br)no1. The zero-order chi connectivity index (χ0) is 13.8. The van der Waals surface area contributed by atoms with Gasteiger partial charge in [0.15, 0.2) is 0 Å². The summed E-state index contributed by atoms with van der Waals surface area (Å²) in [5, 5.41) is 3.92. The van der Waals surface area contributed by atoms with Gasteiger partial charge in [-0.05, 0) is 31.0 Å². The van der Waals surface area contributed by atoms with Crippen LogP contribution in [0.2, 0.25) is 0 Å². The molecule has 0 saturated carbocycles. The Morgan fingerprint density at radius 2 is 2.21 bits per heavy atom. The molecule has 0 aliphatic heterocycles. The number of hydrogen-bond acceptors (Lipinski definition) is 4. The van der Waals surface area contributed by atoms with Crippen molar-refractivity contribution in [3.8, 4) is 11.4 Å². The number of Topliss-reactive ketones (excluding diaryl/α,β-unsaturated/α-hetero) is 1. The van der Waals surface area contributed by atoms with E-state index in [0.717, 1.165) is 22.0 Å². The van der Waals surface area contributed by atoms with E-state index < -0.39 is 0 Å². The summed E-state index contributed by atoms with van der Waals surface area (Å²) in [7, 11) is 0. The average molecular weight is 323 g/mol. The number of ketones is 1. The van der Waals surface area contributed by atoms with E-state index in [2.05, 4.69) is 26.1 Å². The van der Waals surface area contributed by atoms with E-state index in [1.807, 2.05) is 32.0 Å². The van der Waals surface area contributed by atoms with Gasteiger partial charge < -0.3 is 4.52 Å². The van der Waals surface area contributed by atoms with Crippen molar-refractivity contribution in [3.63, 3.8) is 0 Å². The summed E-state index contributed by atoms with van der Waals surface area (Å²) < 4.78 is 6.03. The third-order valence-corrected chi connectivity index (χ3v) is 3.37. The fourth-order valence-electron chi connectivity index (χ4n) is 1.77. The van der Waals surface area contributed by atoms with Crippen molar-refractivity contribution in [1.29, 1.82) is 0 Å². The molecule has 2 aromatic rings. The minimum atomic E-state index is 0.126. The molecule has 0 bridgehead atoms. The maximum Gasteiger partial charge on any atom is 0.234 e. The van der Waals surface area contributed by atoms with Crippen molar-refractivity contribution in [2.24, 2.45) is 0 Å². The number of benzene rings is 1. The van der Waals surface area contributed by atoms with Gasteiger partial charge >= 0.3 is 0 Å². The minimum Gasteiger partial charge on any atom is -0.338 e. The van der Waals surface area contributed by atoms with E-state index in [-0.39, 0.29) is 12.2 Å². The number of aromatic nitrogens is 2. The second-order valence-electron chi connectivity index (χ2n) is 4.46. The molecule has 0 unspecified atom stereocenters. The van der Waals surface area contributed by atoms with Gasteiger partial charge in [-0.25, -0.2) is 0 Å². The van der Waals surface area contributed by atoms with Crippen molar-refractivity contribution in [1.82, 2.24) is 10.1 Å². The van der Waals surface area contributed by atoms with Crippen molar-refractivity contribution in [2.75, 3.05) is 0 Å². The number of aryl methyl sites for hydroxylation is 1. The Morgan fingerprint density at radius 3 is 2.89 bits per heavy atom. The Hall–Kier alpha value is -1.49. The van der Waals surface area contributed by atoms with Crippen LogP contribution in [0.15, 0.2) is 27.2 Å². The summed E-state index contributed by atoms with van der Waals surface area (Å²) >= 11 is 3.48. The molecule has 5 heteroatoms. The normalized spacial score (nSPS) is 10.7. The summed E-state index contributed by atoms with van der Waals surface area (Å²) in [5.74, 6) is 1.01. The number of carbonyl (C=O) groups is 1. The second-order valence-corrected chi connectivity index (χ2v) is 5.31. The van der Waals surface area contributed by atoms with Gasteiger partial charge in [0.25, 0.3) is 0 Å². The average Bonchev–Trinajstić information content (AvgIpc) is 2.77. The van der Waals surface area contributed by atoms with E-state index in [1.54, 1.807) is 0 Å². The van der Waals surface area contributed by atoms with Crippen LogP contribution in [0.4, 0.5) is 0 Å². The molecule has 100 valence electrons. The first kappa shape index (κ1) is 13.9. The van der Waals surface area contributed by atoms with Crippen molar-refractivity contribution in [3.05, 3.63) is 34.1 Å². The van der Waals surface area contributed by atoms with Gasteiger partial charge in [0.2, 0.25) is 11.7 Å². The molecule has 1 aromatic heterocycles. The lowest BCUT2D eigenvalue weighted by molar-refractivity contribution is -0.118. The molecule has 0 saturated heterocycles. The van der Waals surface area contributed by atoms with Gasteiger partial charge in [-0.1, -0.05) is 34.1 Å². The molecule has 0 spiro atoms. The maximum absolute atomic E-state index is 11.5. The maximum atomic E-state index is 11.5. The summed E-state index contributed by atoms with van der Waals surface area (Å²) in [6.45, 7) is 3.99. The number of halogens is 1. The molecule has 0 radical (unpaired) electrons. The van der Waals surface area contributed by atoms with Gasteiger partial charge in [-0.2, -0.15) is 4.98 Å². The number of rotatable bonds is 5. The lowest BCUT2D eigenvalue weighted by Gasteiger charge is -1.99. The van der Waals surface area contributed by atoms with E-state index in [1.165, 1.54) is 0 Å². The molecule has 0 N–H and O–H groups in total. The molecular formula is C14H15BrN2O2. The molecule has 19 heavy (non-hydrogen) atoms. The van der Waals surface area contributed by atoms with Crippen LogP contribution in [0, 0.1) is 6.92 Å². The Labute approximate surface area is 120 Å². The van der Waals surface area contributed by atoms with Crippen LogP contribution in [0.5, 0.6) is 0 Å². The predicted molar refractivity (Wildman–Crippen MR) is 75.8 cm³/mol. The standard InChI is InChI=1S/C14H15BrN2O2/c1-3-4-10(18)8-13-16-14(17-19-13)11-6-5-9(2)7-12(11)15/h5-7H,3-4,8H2,1-2H3. The quantitative estimate of drug-likeness (QED) is 0.841. The second kappa shape index (κ2) is 6.10. The third kappa shape index (κ3) is 3.50. The Morgan fingerprint density at radius 1 is 1.42 bits per heavy atom. The monoisotopic (exact) mass is 322 g/mol. The minimum absolute atomic E-state index is 0.126. The first-order valence-corrected chi connectivity index (χ1v) is 7.00. The van der Waals surface area contributed by atoms with Crippen LogP contribution in [-0.4, -0.2) is 15.9 Å². The largest absolute Gasteiger partial charge is 0.338 e. The highest BCUT2D eigenvalue weighted by molar-refractivity contribution is 9.10. The Bertz CT molecular complexity index is 593. The molecule has 0 amide bonds. The summed E-state index contributed by atoms with van der Waals surface area (Å²) in [6, 6.07) is 5.91. The van der Waals surface area contributed by atoms with Gasteiger partial charge in [0, 0.05) is 16.5 Å². The number of nitrogens with zero attached hydrogens (tertiary/aromatic N) is 2. The lowest BCUT2D eigenvalue weighted by atomic mass is 10.1. The molecule has 0 aliphatic rings.